The lowest BCUT2D eigenvalue weighted by atomic mass is 9.96. The van der Waals surface area contributed by atoms with E-state index < -0.39 is 10.0 Å². The van der Waals surface area contributed by atoms with Crippen LogP contribution < -0.4 is 11.1 Å². The molecule has 0 radical (unpaired) electrons. The maximum atomic E-state index is 12.9. The fourth-order valence-corrected chi connectivity index (χ4v) is 5.28. The second kappa shape index (κ2) is 9.66. The lowest BCUT2D eigenvalue weighted by Gasteiger charge is -2.31. The maximum absolute atomic E-state index is 12.9. The summed E-state index contributed by atoms with van der Waals surface area (Å²) in [6, 6.07) is 5.40. The number of amides is 1. The molecule has 6 nitrogen and oxygen atoms in total. The van der Waals surface area contributed by atoms with Gasteiger partial charge in [0.1, 0.15) is 0 Å². The third-order valence-electron chi connectivity index (χ3n) is 5.31. The van der Waals surface area contributed by atoms with E-state index in [-0.39, 0.29) is 17.9 Å². The first-order chi connectivity index (χ1) is 12.8. The summed E-state index contributed by atoms with van der Waals surface area (Å²) < 4.78 is 27.4. The van der Waals surface area contributed by atoms with E-state index in [9.17, 15) is 13.2 Å². The van der Waals surface area contributed by atoms with E-state index in [4.69, 9.17) is 5.73 Å². The summed E-state index contributed by atoms with van der Waals surface area (Å²) in [4.78, 5) is 12.9. The molecular formula is C20H33N3O3S. The van der Waals surface area contributed by atoms with Crippen molar-refractivity contribution in [2.45, 2.75) is 63.8 Å². The fourth-order valence-electron chi connectivity index (χ4n) is 3.60. The summed E-state index contributed by atoms with van der Waals surface area (Å²) in [7, 11) is -3.52. The Bertz CT molecular complexity index is 741. The van der Waals surface area contributed by atoms with Gasteiger partial charge in [0.25, 0.3) is 0 Å². The number of aryl methyl sites for hydroxylation is 2. The van der Waals surface area contributed by atoms with Crippen LogP contribution in [0.5, 0.6) is 0 Å². The minimum Gasteiger partial charge on any atom is -0.352 e. The third kappa shape index (κ3) is 5.53. The molecule has 0 aliphatic carbocycles. The van der Waals surface area contributed by atoms with Crippen molar-refractivity contribution in [3.05, 3.63) is 29.3 Å². The minimum absolute atomic E-state index is 0.00474. The van der Waals surface area contributed by atoms with Crippen LogP contribution in [0, 0.1) is 19.8 Å². The standard InChI is InChI=1S/C20H33N3O3S/c1-4-5-6-18(14-21)22-20(24)17-9-11-23(12-10-17)27(25,26)19-8-7-15(2)13-16(19)3/h7-8,13,17-18H,4-6,9-12,14,21H2,1-3H3,(H,22,24). The van der Waals surface area contributed by atoms with Gasteiger partial charge in [-0.05, 0) is 44.7 Å². The quantitative estimate of drug-likeness (QED) is 0.707. The molecule has 1 aliphatic rings. The van der Waals surface area contributed by atoms with Crippen LogP contribution in [0.15, 0.2) is 23.1 Å². The van der Waals surface area contributed by atoms with Crippen LogP contribution >= 0.6 is 0 Å². The highest BCUT2D eigenvalue weighted by Gasteiger charge is 2.33. The number of rotatable bonds is 8. The molecule has 27 heavy (non-hydrogen) atoms. The molecule has 0 saturated carbocycles. The zero-order chi connectivity index (χ0) is 20.0. The predicted molar refractivity (Wildman–Crippen MR) is 108 cm³/mol. The number of benzene rings is 1. The van der Waals surface area contributed by atoms with Gasteiger partial charge < -0.3 is 11.1 Å². The number of nitrogens with zero attached hydrogens (tertiary/aromatic N) is 1. The summed E-state index contributed by atoms with van der Waals surface area (Å²) in [6.45, 7) is 7.06. The number of nitrogens with one attached hydrogen (secondary N) is 1. The van der Waals surface area contributed by atoms with Gasteiger partial charge in [-0.15, -0.1) is 0 Å². The molecule has 0 bridgehead atoms. The first-order valence-corrected chi connectivity index (χ1v) is 11.3. The molecular weight excluding hydrogens is 362 g/mol. The van der Waals surface area contributed by atoms with Crippen molar-refractivity contribution in [3.63, 3.8) is 0 Å². The van der Waals surface area contributed by atoms with Crippen LogP contribution in [0.4, 0.5) is 0 Å². The van der Waals surface area contributed by atoms with E-state index in [1.807, 2.05) is 26.0 Å². The predicted octanol–water partition coefficient (Wildman–Crippen LogP) is 2.34. The Morgan fingerprint density at radius 1 is 1.30 bits per heavy atom. The summed E-state index contributed by atoms with van der Waals surface area (Å²) in [5.41, 5.74) is 7.56. The van der Waals surface area contributed by atoms with Gasteiger partial charge in [-0.25, -0.2) is 8.42 Å². The second-order valence-corrected chi connectivity index (χ2v) is 9.44. The Hall–Kier alpha value is -1.44. The fraction of sp³-hybridized carbons (Fsp3) is 0.650. The smallest absolute Gasteiger partial charge is 0.243 e. The lowest BCUT2D eigenvalue weighted by molar-refractivity contribution is -0.126. The number of carbonyl (C=O) groups is 1. The molecule has 1 atom stereocenters. The Balaban J connectivity index is 1.96. The topological polar surface area (TPSA) is 92.5 Å². The van der Waals surface area contributed by atoms with Crippen molar-refractivity contribution in [2.24, 2.45) is 11.7 Å². The molecule has 0 spiro atoms. The normalized spacial score (nSPS) is 17.6. The van der Waals surface area contributed by atoms with E-state index in [0.717, 1.165) is 30.4 Å². The minimum atomic E-state index is -3.52. The monoisotopic (exact) mass is 395 g/mol. The van der Waals surface area contributed by atoms with Crippen molar-refractivity contribution >= 4 is 15.9 Å². The van der Waals surface area contributed by atoms with Crippen molar-refractivity contribution in [1.82, 2.24) is 9.62 Å². The summed E-state index contributed by atoms with van der Waals surface area (Å²) in [5.74, 6) is -0.142. The first kappa shape index (κ1) is 21.9. The first-order valence-electron chi connectivity index (χ1n) is 9.87. The zero-order valence-corrected chi connectivity index (χ0v) is 17.5. The van der Waals surface area contributed by atoms with Crippen LogP contribution in [0.3, 0.4) is 0 Å². The number of piperidine rings is 1. The average Bonchev–Trinajstić information content (AvgIpc) is 2.64. The van der Waals surface area contributed by atoms with Crippen LogP contribution in [0.25, 0.3) is 0 Å². The van der Waals surface area contributed by atoms with E-state index in [1.165, 1.54) is 4.31 Å². The van der Waals surface area contributed by atoms with Gasteiger partial charge >= 0.3 is 0 Å². The Morgan fingerprint density at radius 2 is 1.96 bits per heavy atom. The summed E-state index contributed by atoms with van der Waals surface area (Å²) in [6.07, 6.45) is 4.08. The van der Waals surface area contributed by atoms with E-state index >= 15 is 0 Å². The molecule has 1 aliphatic heterocycles. The highest BCUT2D eigenvalue weighted by molar-refractivity contribution is 7.89. The molecule has 1 saturated heterocycles. The second-order valence-electron chi connectivity index (χ2n) is 7.53. The van der Waals surface area contributed by atoms with Gasteiger partial charge in [0, 0.05) is 31.6 Å². The highest BCUT2D eigenvalue weighted by Crippen LogP contribution is 2.26. The van der Waals surface area contributed by atoms with Gasteiger partial charge in [0.15, 0.2) is 0 Å². The molecule has 152 valence electrons. The largest absolute Gasteiger partial charge is 0.352 e. The van der Waals surface area contributed by atoms with Crippen molar-refractivity contribution in [3.8, 4) is 0 Å². The maximum Gasteiger partial charge on any atom is 0.243 e. The summed E-state index contributed by atoms with van der Waals surface area (Å²) in [5, 5.41) is 3.04. The Morgan fingerprint density at radius 3 is 2.52 bits per heavy atom. The lowest BCUT2D eigenvalue weighted by Crippen LogP contribution is -2.47. The summed E-state index contributed by atoms with van der Waals surface area (Å²) >= 11 is 0. The van der Waals surface area contributed by atoms with Gasteiger partial charge in [-0.2, -0.15) is 4.31 Å². The van der Waals surface area contributed by atoms with Gasteiger partial charge in [-0.1, -0.05) is 37.5 Å². The molecule has 1 aromatic rings. The molecule has 0 aromatic heterocycles. The number of sulfonamides is 1. The van der Waals surface area contributed by atoms with E-state index in [2.05, 4.69) is 12.2 Å². The van der Waals surface area contributed by atoms with E-state index in [0.29, 0.717) is 37.4 Å². The van der Waals surface area contributed by atoms with Crippen LogP contribution in [0.1, 0.15) is 50.2 Å². The number of carbonyl (C=O) groups excluding carboxylic acids is 1. The number of nitrogens with two attached hydrogens (primary N) is 1. The average molecular weight is 396 g/mol. The Labute approximate surface area is 163 Å². The molecule has 1 aromatic carbocycles. The van der Waals surface area contributed by atoms with Crippen molar-refractivity contribution in [1.29, 1.82) is 0 Å². The SMILES string of the molecule is CCCCC(CN)NC(=O)C1CCN(S(=O)(=O)c2ccc(C)cc2C)CC1. The molecule has 1 amide bonds. The van der Waals surface area contributed by atoms with Gasteiger partial charge in [0.05, 0.1) is 4.90 Å². The zero-order valence-electron chi connectivity index (χ0n) is 16.7. The van der Waals surface area contributed by atoms with Crippen LogP contribution in [-0.4, -0.2) is 44.3 Å². The van der Waals surface area contributed by atoms with Crippen molar-refractivity contribution < 1.29 is 13.2 Å². The van der Waals surface area contributed by atoms with Crippen LogP contribution in [-0.2, 0) is 14.8 Å². The number of hydrogen-bond acceptors (Lipinski definition) is 4. The molecule has 2 rings (SSSR count). The third-order valence-corrected chi connectivity index (χ3v) is 7.37. The Kier molecular flexibility index (Phi) is 7.82. The van der Waals surface area contributed by atoms with Gasteiger partial charge in [0.2, 0.25) is 15.9 Å². The van der Waals surface area contributed by atoms with Crippen molar-refractivity contribution in [2.75, 3.05) is 19.6 Å². The molecule has 1 fully saturated rings. The molecule has 1 unspecified atom stereocenters. The molecule has 7 heteroatoms. The van der Waals surface area contributed by atoms with Gasteiger partial charge in [-0.3, -0.25) is 4.79 Å². The number of unbranched alkanes of at least 4 members (excludes halogenated alkanes) is 1. The molecule has 3 N–H and O–H groups in total. The van der Waals surface area contributed by atoms with Crippen LogP contribution in [0.2, 0.25) is 0 Å². The molecule has 1 heterocycles. The van der Waals surface area contributed by atoms with E-state index in [1.54, 1.807) is 6.07 Å². The highest BCUT2D eigenvalue weighted by atomic mass is 32.2. The number of hydrogen-bond donors (Lipinski definition) is 2.